The van der Waals surface area contributed by atoms with Crippen LogP contribution >= 0.6 is 11.6 Å². The molecule has 0 aliphatic heterocycles. The smallest absolute Gasteiger partial charge is 0.146 e. The minimum Gasteiger partial charge on any atom is -0.366 e. The van der Waals surface area contributed by atoms with E-state index in [0.717, 1.165) is 17.8 Å². The Kier molecular flexibility index (Phi) is 4.27. The normalized spacial score (nSPS) is 16.4. The number of rotatable bonds is 4. The lowest BCUT2D eigenvalue weighted by Gasteiger charge is -2.30. The summed E-state index contributed by atoms with van der Waals surface area (Å²) in [6.45, 7) is 2.95. The maximum Gasteiger partial charge on any atom is 0.146 e. The molecule has 0 unspecified atom stereocenters. The Morgan fingerprint density at radius 2 is 2.06 bits per heavy atom. The second-order valence-electron chi connectivity index (χ2n) is 4.64. The van der Waals surface area contributed by atoms with Crippen molar-refractivity contribution >= 4 is 17.3 Å². The van der Waals surface area contributed by atoms with Crippen LogP contribution in [0, 0.1) is 5.82 Å². The second kappa shape index (κ2) is 5.72. The fourth-order valence-electron chi connectivity index (χ4n) is 2.71. The predicted molar refractivity (Wildman–Crippen MR) is 71.2 cm³/mol. The van der Waals surface area contributed by atoms with Gasteiger partial charge in [0.2, 0.25) is 0 Å². The highest BCUT2D eigenvalue weighted by Crippen LogP contribution is 2.30. The van der Waals surface area contributed by atoms with E-state index >= 15 is 0 Å². The third kappa shape index (κ3) is 2.74. The Hall–Kier alpha value is -0.760. The molecule has 0 saturated heterocycles. The third-order valence-corrected chi connectivity index (χ3v) is 3.89. The summed E-state index contributed by atoms with van der Waals surface area (Å²) >= 11 is 5.71. The number of benzene rings is 1. The maximum atomic E-state index is 14.0. The lowest BCUT2D eigenvalue weighted by molar-refractivity contribution is 0.577. The fourth-order valence-corrected chi connectivity index (χ4v) is 2.87. The molecular weight excluding hydrogens is 237 g/mol. The summed E-state index contributed by atoms with van der Waals surface area (Å²) in [4.78, 5) is 2.19. The highest BCUT2D eigenvalue weighted by atomic mass is 35.5. The zero-order valence-corrected chi connectivity index (χ0v) is 11.0. The number of hydrogen-bond acceptors (Lipinski definition) is 1. The van der Waals surface area contributed by atoms with Crippen LogP contribution in [-0.2, 0) is 5.88 Å². The highest BCUT2D eigenvalue weighted by Gasteiger charge is 2.23. The Morgan fingerprint density at radius 3 is 2.59 bits per heavy atom. The topological polar surface area (TPSA) is 3.24 Å². The number of halogens is 2. The van der Waals surface area contributed by atoms with Crippen LogP contribution in [0.15, 0.2) is 18.2 Å². The first-order chi connectivity index (χ1) is 8.26. The van der Waals surface area contributed by atoms with E-state index < -0.39 is 0 Å². The van der Waals surface area contributed by atoms with Crippen molar-refractivity contribution in [3.8, 4) is 0 Å². The molecule has 94 valence electrons. The summed E-state index contributed by atoms with van der Waals surface area (Å²) in [6, 6.07) is 5.86. The third-order valence-electron chi connectivity index (χ3n) is 3.58. The quantitative estimate of drug-likeness (QED) is 0.724. The fraction of sp³-hybridized carbons (Fsp3) is 0.571. The summed E-state index contributed by atoms with van der Waals surface area (Å²) in [6.07, 6.45) is 4.90. The van der Waals surface area contributed by atoms with Gasteiger partial charge in [0.15, 0.2) is 0 Å². The number of hydrogen-bond donors (Lipinski definition) is 0. The summed E-state index contributed by atoms with van der Waals surface area (Å²) in [5, 5.41) is 0. The van der Waals surface area contributed by atoms with E-state index in [4.69, 9.17) is 11.6 Å². The van der Waals surface area contributed by atoms with E-state index in [2.05, 4.69) is 11.8 Å². The molecular formula is C14H19ClFN. The van der Waals surface area contributed by atoms with Gasteiger partial charge in [-0.15, -0.1) is 11.6 Å². The average molecular weight is 256 g/mol. The van der Waals surface area contributed by atoms with Crippen LogP contribution in [0.5, 0.6) is 0 Å². The van der Waals surface area contributed by atoms with Gasteiger partial charge in [-0.3, -0.25) is 0 Å². The number of alkyl halides is 1. The Balaban J connectivity index is 2.23. The van der Waals surface area contributed by atoms with Crippen molar-refractivity contribution < 1.29 is 4.39 Å². The summed E-state index contributed by atoms with van der Waals surface area (Å²) in [5.41, 5.74) is 1.57. The standard InChI is InChI=1S/C14H19ClFN/c1-2-17(12-5-3-4-6-12)14-8-7-11(10-15)9-13(14)16/h7-9,12H,2-6,10H2,1H3. The van der Waals surface area contributed by atoms with Crippen LogP contribution in [0.2, 0.25) is 0 Å². The predicted octanol–water partition coefficient (Wildman–Crippen LogP) is 4.33. The monoisotopic (exact) mass is 255 g/mol. The SMILES string of the molecule is CCN(c1ccc(CCl)cc1F)C1CCCC1. The van der Waals surface area contributed by atoms with E-state index in [0.29, 0.717) is 11.9 Å². The molecule has 1 aromatic rings. The van der Waals surface area contributed by atoms with E-state index in [1.54, 1.807) is 6.07 Å². The molecule has 1 aromatic carbocycles. The molecule has 0 bridgehead atoms. The molecule has 2 rings (SSSR count). The van der Waals surface area contributed by atoms with Gasteiger partial charge in [0.25, 0.3) is 0 Å². The van der Waals surface area contributed by atoms with Gasteiger partial charge < -0.3 is 4.90 Å². The molecule has 0 spiro atoms. The van der Waals surface area contributed by atoms with Crippen LogP contribution < -0.4 is 4.90 Å². The van der Waals surface area contributed by atoms with Crippen molar-refractivity contribution in [2.75, 3.05) is 11.4 Å². The van der Waals surface area contributed by atoms with Crippen LogP contribution in [0.3, 0.4) is 0 Å². The lowest BCUT2D eigenvalue weighted by Crippen LogP contribution is -2.33. The summed E-state index contributed by atoms with van der Waals surface area (Å²) in [7, 11) is 0. The van der Waals surface area contributed by atoms with Crippen LogP contribution in [0.1, 0.15) is 38.2 Å². The molecule has 1 nitrogen and oxygen atoms in total. The molecule has 1 saturated carbocycles. The van der Waals surface area contributed by atoms with Gasteiger partial charge in [-0.25, -0.2) is 4.39 Å². The first-order valence-corrected chi connectivity index (χ1v) is 6.90. The molecule has 0 atom stereocenters. The summed E-state index contributed by atoms with van der Waals surface area (Å²) in [5.74, 6) is 0.226. The van der Waals surface area contributed by atoms with Gasteiger partial charge in [0.05, 0.1) is 5.69 Å². The van der Waals surface area contributed by atoms with Gasteiger partial charge in [-0.1, -0.05) is 18.9 Å². The zero-order chi connectivity index (χ0) is 12.3. The minimum absolute atomic E-state index is 0.142. The van der Waals surface area contributed by atoms with Gasteiger partial charge >= 0.3 is 0 Å². The molecule has 1 fully saturated rings. The van der Waals surface area contributed by atoms with Gasteiger partial charge in [0, 0.05) is 18.5 Å². The molecule has 0 N–H and O–H groups in total. The molecule has 1 aliphatic rings. The largest absolute Gasteiger partial charge is 0.366 e. The maximum absolute atomic E-state index is 14.0. The number of anilines is 1. The molecule has 0 radical (unpaired) electrons. The Morgan fingerprint density at radius 1 is 1.35 bits per heavy atom. The minimum atomic E-state index is -0.142. The molecule has 3 heteroatoms. The van der Waals surface area contributed by atoms with E-state index in [9.17, 15) is 4.39 Å². The summed E-state index contributed by atoms with van der Waals surface area (Å²) < 4.78 is 14.0. The average Bonchev–Trinajstić information content (AvgIpc) is 2.85. The first-order valence-electron chi connectivity index (χ1n) is 6.37. The van der Waals surface area contributed by atoms with Crippen molar-refractivity contribution in [2.45, 2.75) is 44.5 Å². The van der Waals surface area contributed by atoms with Crippen LogP contribution in [-0.4, -0.2) is 12.6 Å². The zero-order valence-electron chi connectivity index (χ0n) is 10.3. The lowest BCUT2D eigenvalue weighted by atomic mass is 10.1. The second-order valence-corrected chi connectivity index (χ2v) is 4.91. The van der Waals surface area contributed by atoms with Gasteiger partial charge in [-0.2, -0.15) is 0 Å². The molecule has 0 amide bonds. The Bertz CT molecular complexity index is 374. The van der Waals surface area contributed by atoms with Crippen molar-refractivity contribution in [1.82, 2.24) is 0 Å². The van der Waals surface area contributed by atoms with Crippen molar-refractivity contribution in [3.05, 3.63) is 29.6 Å². The van der Waals surface area contributed by atoms with Gasteiger partial charge in [-0.05, 0) is 37.5 Å². The van der Waals surface area contributed by atoms with Crippen LogP contribution in [0.4, 0.5) is 10.1 Å². The van der Waals surface area contributed by atoms with Crippen molar-refractivity contribution in [2.24, 2.45) is 0 Å². The van der Waals surface area contributed by atoms with E-state index in [1.807, 2.05) is 12.1 Å². The molecule has 1 aliphatic carbocycles. The Labute approximate surface area is 108 Å². The molecule has 0 heterocycles. The number of nitrogens with zero attached hydrogens (tertiary/aromatic N) is 1. The highest BCUT2D eigenvalue weighted by molar-refractivity contribution is 6.17. The molecule has 0 aromatic heterocycles. The van der Waals surface area contributed by atoms with Crippen molar-refractivity contribution in [3.63, 3.8) is 0 Å². The van der Waals surface area contributed by atoms with Crippen molar-refractivity contribution in [1.29, 1.82) is 0 Å². The van der Waals surface area contributed by atoms with Crippen LogP contribution in [0.25, 0.3) is 0 Å². The van der Waals surface area contributed by atoms with Gasteiger partial charge in [0.1, 0.15) is 5.82 Å². The molecule has 17 heavy (non-hydrogen) atoms. The van der Waals surface area contributed by atoms with E-state index in [1.165, 1.54) is 25.7 Å². The first kappa shape index (κ1) is 12.7. The van der Waals surface area contributed by atoms with E-state index in [-0.39, 0.29) is 5.82 Å².